The highest BCUT2D eigenvalue weighted by molar-refractivity contribution is 8.04. The summed E-state index contributed by atoms with van der Waals surface area (Å²) in [4.78, 5) is 28.3. The molecule has 0 unspecified atom stereocenters. The minimum absolute atomic E-state index is 0.0201. The molecule has 4 rings (SSSR count). The van der Waals surface area contributed by atoms with E-state index in [2.05, 4.69) is 5.32 Å². The van der Waals surface area contributed by atoms with Gasteiger partial charge in [0.1, 0.15) is 10.6 Å². The van der Waals surface area contributed by atoms with Crippen molar-refractivity contribution in [2.45, 2.75) is 24.9 Å². The number of hydrogen-bond acceptors (Lipinski definition) is 4. The Kier molecular flexibility index (Phi) is 6.90. The SMILES string of the molecule is Cc1cccc(NC2=C(Sc3ccc(Cl)cc3)C(=O)N(c3cc(C(F)(F)F)ccc3Cl)C2=O)c1C. The van der Waals surface area contributed by atoms with Crippen LogP contribution in [-0.4, -0.2) is 11.8 Å². The smallest absolute Gasteiger partial charge is 0.350 e. The van der Waals surface area contributed by atoms with Crippen LogP contribution in [0.5, 0.6) is 0 Å². The van der Waals surface area contributed by atoms with Crippen LogP contribution in [-0.2, 0) is 15.8 Å². The predicted octanol–water partition coefficient (Wildman–Crippen LogP) is 7.62. The second-order valence-electron chi connectivity index (χ2n) is 7.74. The molecule has 0 atom stereocenters. The lowest BCUT2D eigenvalue weighted by Gasteiger charge is -2.19. The molecule has 0 aliphatic carbocycles. The number of rotatable bonds is 5. The number of benzene rings is 3. The maximum absolute atomic E-state index is 13.5. The van der Waals surface area contributed by atoms with Gasteiger partial charge in [-0.1, -0.05) is 47.1 Å². The molecular weight excluding hydrogens is 520 g/mol. The van der Waals surface area contributed by atoms with Crippen LogP contribution in [0, 0.1) is 13.8 Å². The third kappa shape index (κ3) is 5.05. The van der Waals surface area contributed by atoms with Crippen molar-refractivity contribution in [1.82, 2.24) is 0 Å². The first-order chi connectivity index (χ1) is 16.5. The number of imide groups is 1. The Labute approximate surface area is 213 Å². The molecule has 35 heavy (non-hydrogen) atoms. The number of halogens is 5. The zero-order valence-electron chi connectivity index (χ0n) is 18.3. The summed E-state index contributed by atoms with van der Waals surface area (Å²) >= 11 is 13.1. The van der Waals surface area contributed by atoms with E-state index >= 15 is 0 Å². The van der Waals surface area contributed by atoms with Gasteiger partial charge < -0.3 is 5.32 Å². The van der Waals surface area contributed by atoms with Gasteiger partial charge in [-0.2, -0.15) is 13.2 Å². The summed E-state index contributed by atoms with van der Waals surface area (Å²) < 4.78 is 40.1. The van der Waals surface area contributed by atoms with Gasteiger partial charge in [-0.05, 0) is 73.5 Å². The first-order valence-electron chi connectivity index (χ1n) is 10.2. The highest BCUT2D eigenvalue weighted by Gasteiger charge is 2.42. The first kappa shape index (κ1) is 25.2. The molecule has 2 amide bonds. The molecule has 0 radical (unpaired) electrons. The van der Waals surface area contributed by atoms with E-state index in [4.69, 9.17) is 23.2 Å². The summed E-state index contributed by atoms with van der Waals surface area (Å²) in [6.07, 6.45) is -4.68. The summed E-state index contributed by atoms with van der Waals surface area (Å²) in [6.45, 7) is 3.75. The second-order valence-corrected chi connectivity index (χ2v) is 9.67. The molecule has 0 bridgehead atoms. The van der Waals surface area contributed by atoms with Gasteiger partial charge in [-0.25, -0.2) is 4.90 Å². The van der Waals surface area contributed by atoms with Crippen LogP contribution in [0.25, 0.3) is 0 Å². The molecule has 0 spiro atoms. The van der Waals surface area contributed by atoms with E-state index in [1.54, 1.807) is 36.4 Å². The van der Waals surface area contributed by atoms with Gasteiger partial charge >= 0.3 is 6.18 Å². The van der Waals surface area contributed by atoms with Crippen LogP contribution in [0.4, 0.5) is 24.5 Å². The molecule has 1 aliphatic heterocycles. The summed E-state index contributed by atoms with van der Waals surface area (Å²) in [5, 5.41) is 3.36. The van der Waals surface area contributed by atoms with Gasteiger partial charge in [0.05, 0.1) is 16.3 Å². The molecule has 0 aromatic heterocycles. The molecule has 10 heteroatoms. The fraction of sp³-hybridized carbons (Fsp3) is 0.120. The van der Waals surface area contributed by atoms with Crippen molar-refractivity contribution >= 4 is 58.2 Å². The average molecular weight is 537 g/mol. The largest absolute Gasteiger partial charge is 0.416 e. The molecule has 0 saturated carbocycles. The Bertz CT molecular complexity index is 1370. The van der Waals surface area contributed by atoms with Crippen molar-refractivity contribution in [2.24, 2.45) is 0 Å². The molecule has 0 fully saturated rings. The number of thioether (sulfide) groups is 1. The molecular formula is C25H17Cl2F3N2O2S. The fourth-order valence-electron chi connectivity index (χ4n) is 3.44. The van der Waals surface area contributed by atoms with Crippen molar-refractivity contribution in [3.05, 3.63) is 98.0 Å². The Balaban J connectivity index is 1.81. The first-order valence-corrected chi connectivity index (χ1v) is 11.8. The molecule has 3 aromatic carbocycles. The number of carbonyl (C=O) groups excluding carboxylic acids is 2. The van der Waals surface area contributed by atoms with Gasteiger partial charge in [0.15, 0.2) is 0 Å². The lowest BCUT2D eigenvalue weighted by Crippen LogP contribution is -2.33. The highest BCUT2D eigenvalue weighted by atomic mass is 35.5. The van der Waals surface area contributed by atoms with Crippen LogP contribution in [0.2, 0.25) is 10.0 Å². The highest BCUT2D eigenvalue weighted by Crippen LogP contribution is 2.42. The van der Waals surface area contributed by atoms with E-state index in [1.807, 2.05) is 19.9 Å². The predicted molar refractivity (Wildman–Crippen MR) is 133 cm³/mol. The molecule has 1 heterocycles. The number of anilines is 2. The zero-order chi connectivity index (χ0) is 25.5. The third-order valence-corrected chi connectivity index (χ3v) is 7.12. The van der Waals surface area contributed by atoms with Gasteiger partial charge in [0, 0.05) is 15.6 Å². The lowest BCUT2D eigenvalue weighted by atomic mass is 10.1. The lowest BCUT2D eigenvalue weighted by molar-refractivity contribution is -0.137. The number of nitrogens with one attached hydrogen (secondary N) is 1. The minimum Gasteiger partial charge on any atom is -0.350 e. The maximum atomic E-state index is 13.5. The standard InChI is InChI=1S/C25H17Cl2F3N2O2S/c1-13-4-3-5-19(14(13)2)31-21-22(35-17-9-7-16(26)8-10-17)24(34)32(23(21)33)20-12-15(25(28,29)30)6-11-18(20)27/h3-12,31H,1-2H3. The Hall–Kier alpha value is -2.94. The van der Waals surface area contributed by atoms with E-state index < -0.39 is 23.6 Å². The van der Waals surface area contributed by atoms with Crippen molar-refractivity contribution in [3.63, 3.8) is 0 Å². The summed E-state index contributed by atoms with van der Waals surface area (Å²) in [7, 11) is 0. The quantitative estimate of drug-likeness (QED) is 0.340. The van der Waals surface area contributed by atoms with Gasteiger partial charge in [-0.15, -0.1) is 0 Å². The maximum Gasteiger partial charge on any atom is 0.416 e. The zero-order valence-corrected chi connectivity index (χ0v) is 20.7. The Morgan fingerprint density at radius 1 is 0.914 bits per heavy atom. The molecule has 1 aliphatic rings. The van der Waals surface area contributed by atoms with E-state index in [-0.39, 0.29) is 21.3 Å². The monoisotopic (exact) mass is 536 g/mol. The third-order valence-electron chi connectivity index (χ3n) is 5.45. The van der Waals surface area contributed by atoms with E-state index in [1.165, 1.54) is 0 Å². The Morgan fingerprint density at radius 2 is 1.60 bits per heavy atom. The number of alkyl halides is 3. The fourth-order valence-corrected chi connectivity index (χ4v) is 4.69. The summed E-state index contributed by atoms with van der Waals surface area (Å²) in [5.41, 5.74) is 0.969. The molecule has 4 nitrogen and oxygen atoms in total. The van der Waals surface area contributed by atoms with E-state index in [9.17, 15) is 22.8 Å². The van der Waals surface area contributed by atoms with Crippen LogP contribution >= 0.6 is 35.0 Å². The van der Waals surface area contributed by atoms with Crippen LogP contribution in [0.15, 0.2) is 76.2 Å². The van der Waals surface area contributed by atoms with E-state index in [0.29, 0.717) is 26.6 Å². The van der Waals surface area contributed by atoms with Gasteiger partial charge in [0.2, 0.25) is 0 Å². The summed E-state index contributed by atoms with van der Waals surface area (Å²) in [6, 6.07) is 14.6. The van der Waals surface area contributed by atoms with Gasteiger partial charge in [0.25, 0.3) is 11.8 Å². The Morgan fingerprint density at radius 3 is 2.26 bits per heavy atom. The van der Waals surface area contributed by atoms with E-state index in [0.717, 1.165) is 35.0 Å². The summed E-state index contributed by atoms with van der Waals surface area (Å²) in [5.74, 6) is -1.60. The minimum atomic E-state index is -4.68. The molecule has 3 aromatic rings. The van der Waals surface area contributed by atoms with Crippen LogP contribution in [0.3, 0.4) is 0 Å². The van der Waals surface area contributed by atoms with Crippen molar-refractivity contribution in [2.75, 3.05) is 10.2 Å². The van der Waals surface area contributed by atoms with Crippen LogP contribution < -0.4 is 10.2 Å². The van der Waals surface area contributed by atoms with Crippen molar-refractivity contribution in [3.8, 4) is 0 Å². The van der Waals surface area contributed by atoms with Gasteiger partial charge in [-0.3, -0.25) is 9.59 Å². The number of amides is 2. The van der Waals surface area contributed by atoms with Crippen LogP contribution in [0.1, 0.15) is 16.7 Å². The average Bonchev–Trinajstić information content (AvgIpc) is 3.02. The molecule has 1 N–H and O–H groups in total. The second kappa shape index (κ2) is 9.60. The number of aryl methyl sites for hydroxylation is 1. The number of carbonyl (C=O) groups is 2. The number of nitrogens with zero attached hydrogens (tertiary/aromatic N) is 1. The molecule has 0 saturated heterocycles. The normalized spacial score (nSPS) is 14.2. The number of hydrogen-bond donors (Lipinski definition) is 1. The van der Waals surface area contributed by atoms with Crippen molar-refractivity contribution in [1.29, 1.82) is 0 Å². The topological polar surface area (TPSA) is 49.4 Å². The molecule has 180 valence electrons. The van der Waals surface area contributed by atoms with Crippen molar-refractivity contribution < 1.29 is 22.8 Å².